The number of anilines is 1. The number of carbonyl (C=O) groups is 2. The van der Waals surface area contributed by atoms with Crippen LogP contribution >= 0.6 is 0 Å². The van der Waals surface area contributed by atoms with E-state index in [1.165, 1.54) is 20.2 Å². The zero-order chi connectivity index (χ0) is 31.5. The highest BCUT2D eigenvalue weighted by Gasteiger charge is 2.22. The highest BCUT2D eigenvalue weighted by molar-refractivity contribution is 6.04. The number of rotatable bonds is 9. The summed E-state index contributed by atoms with van der Waals surface area (Å²) in [6, 6.07) is 14.6. The van der Waals surface area contributed by atoms with Crippen molar-refractivity contribution >= 4 is 17.4 Å². The maximum absolute atomic E-state index is 15.5. The summed E-state index contributed by atoms with van der Waals surface area (Å²) in [6.45, 7) is 4.77. The van der Waals surface area contributed by atoms with E-state index in [9.17, 15) is 19.2 Å². The molecule has 5 rings (SSSR count). The van der Waals surface area contributed by atoms with Crippen LogP contribution in [0.1, 0.15) is 46.3 Å². The van der Waals surface area contributed by atoms with E-state index in [1.54, 1.807) is 12.1 Å². The van der Waals surface area contributed by atoms with E-state index in [2.05, 4.69) is 15.6 Å². The topological polar surface area (TPSA) is 122 Å². The summed E-state index contributed by atoms with van der Waals surface area (Å²) >= 11 is 0. The first-order chi connectivity index (χ1) is 21.1. The molecular formula is C34H35FN4O5. The molecule has 1 saturated carbocycles. The number of benzene rings is 3. The molecule has 0 unspecified atom stereocenters. The van der Waals surface area contributed by atoms with E-state index >= 15 is 4.39 Å². The molecule has 228 valence electrons. The first-order valence-corrected chi connectivity index (χ1v) is 14.5. The molecule has 3 N–H and O–H groups in total. The number of aromatic nitrogens is 2. The number of aromatic amines is 1. The van der Waals surface area contributed by atoms with Crippen molar-refractivity contribution in [1.29, 1.82) is 0 Å². The van der Waals surface area contributed by atoms with Crippen LogP contribution in [0.5, 0.6) is 5.75 Å². The molecule has 4 aromatic rings. The Labute approximate surface area is 254 Å². The minimum absolute atomic E-state index is 0.182. The van der Waals surface area contributed by atoms with Crippen molar-refractivity contribution in [3.05, 3.63) is 104 Å². The number of nitrogens with one attached hydrogen (secondary N) is 3. The van der Waals surface area contributed by atoms with Crippen LogP contribution in [0.25, 0.3) is 22.3 Å². The smallest absolute Gasteiger partial charge is 0.328 e. The maximum atomic E-state index is 15.5. The van der Waals surface area contributed by atoms with Crippen LogP contribution in [0.2, 0.25) is 0 Å². The summed E-state index contributed by atoms with van der Waals surface area (Å²) < 4.78 is 21.9. The van der Waals surface area contributed by atoms with Gasteiger partial charge in [-0.1, -0.05) is 30.3 Å². The summed E-state index contributed by atoms with van der Waals surface area (Å²) in [6.07, 6.45) is 3.17. The number of nitrogens with zero attached hydrogens (tertiary/aromatic N) is 1. The van der Waals surface area contributed by atoms with Gasteiger partial charge in [0, 0.05) is 43.9 Å². The highest BCUT2D eigenvalue weighted by atomic mass is 19.1. The molecule has 0 saturated heterocycles. The summed E-state index contributed by atoms with van der Waals surface area (Å²) in [5.74, 6) is -0.0104. The number of ketones is 1. The zero-order valence-electron chi connectivity index (χ0n) is 25.2. The van der Waals surface area contributed by atoms with E-state index in [0.29, 0.717) is 48.5 Å². The number of halogens is 1. The average molecular weight is 599 g/mol. The van der Waals surface area contributed by atoms with E-state index in [-0.39, 0.29) is 23.1 Å². The third-order valence-corrected chi connectivity index (χ3v) is 8.40. The Morgan fingerprint density at radius 3 is 2.45 bits per heavy atom. The van der Waals surface area contributed by atoms with Gasteiger partial charge in [-0.3, -0.25) is 19.0 Å². The third-order valence-electron chi connectivity index (χ3n) is 8.40. The molecule has 0 aliphatic heterocycles. The fraction of sp³-hybridized carbons (Fsp3) is 0.294. The minimum atomic E-state index is -0.696. The van der Waals surface area contributed by atoms with Crippen molar-refractivity contribution in [3.63, 3.8) is 0 Å². The van der Waals surface area contributed by atoms with E-state index in [0.717, 1.165) is 45.0 Å². The summed E-state index contributed by atoms with van der Waals surface area (Å²) in [5.41, 5.74) is 4.39. The molecule has 1 aliphatic carbocycles. The normalized spacial score (nSPS) is 14.6. The quantitative estimate of drug-likeness (QED) is 0.252. The van der Waals surface area contributed by atoms with Gasteiger partial charge in [0.15, 0.2) is 0 Å². The maximum Gasteiger partial charge on any atom is 0.328 e. The minimum Gasteiger partial charge on any atom is -0.496 e. The van der Waals surface area contributed by atoms with Crippen molar-refractivity contribution < 1.29 is 18.7 Å². The largest absolute Gasteiger partial charge is 0.496 e. The summed E-state index contributed by atoms with van der Waals surface area (Å²) in [7, 11) is 2.82. The average Bonchev–Trinajstić information content (AvgIpc) is 3.42. The Morgan fingerprint density at radius 2 is 1.75 bits per heavy atom. The van der Waals surface area contributed by atoms with Gasteiger partial charge >= 0.3 is 5.69 Å². The van der Waals surface area contributed by atoms with Crippen LogP contribution in [0.4, 0.5) is 10.1 Å². The Kier molecular flexibility index (Phi) is 8.91. The molecule has 1 atom stereocenters. The molecule has 3 aromatic carbocycles. The van der Waals surface area contributed by atoms with Crippen LogP contribution in [0, 0.1) is 25.6 Å². The lowest BCUT2D eigenvalue weighted by atomic mass is 9.90. The number of hydrogen-bond acceptors (Lipinski definition) is 6. The monoisotopic (exact) mass is 598 g/mol. The number of H-pyrrole nitrogens is 1. The molecular weight excluding hydrogens is 563 g/mol. The second-order valence-corrected chi connectivity index (χ2v) is 11.2. The number of amides is 1. The molecule has 1 fully saturated rings. The molecule has 44 heavy (non-hydrogen) atoms. The Morgan fingerprint density at radius 1 is 1.05 bits per heavy atom. The van der Waals surface area contributed by atoms with Crippen molar-refractivity contribution in [2.45, 2.75) is 39.7 Å². The van der Waals surface area contributed by atoms with Gasteiger partial charge in [0.2, 0.25) is 0 Å². The van der Waals surface area contributed by atoms with Crippen molar-refractivity contribution in [3.8, 4) is 28.0 Å². The molecule has 10 heteroatoms. The Bertz CT molecular complexity index is 1880. The second-order valence-electron chi connectivity index (χ2n) is 11.2. The van der Waals surface area contributed by atoms with Gasteiger partial charge in [-0.05, 0) is 84.3 Å². The molecule has 0 radical (unpaired) electrons. The molecule has 0 spiro atoms. The third kappa shape index (κ3) is 6.12. The first kappa shape index (κ1) is 30.6. The molecule has 9 nitrogen and oxygen atoms in total. The van der Waals surface area contributed by atoms with Crippen molar-refractivity contribution in [2.75, 3.05) is 19.0 Å². The molecule has 1 aliphatic rings. The summed E-state index contributed by atoms with van der Waals surface area (Å²) in [5, 5.41) is 6.08. The van der Waals surface area contributed by atoms with E-state index in [4.69, 9.17) is 4.74 Å². The second kappa shape index (κ2) is 12.8. The molecule has 1 aromatic heterocycles. The van der Waals surface area contributed by atoms with Crippen LogP contribution in [-0.4, -0.2) is 34.9 Å². The van der Waals surface area contributed by atoms with Crippen LogP contribution in [-0.2, 0) is 18.4 Å². The Balaban J connectivity index is 1.42. The molecule has 0 bridgehead atoms. The zero-order valence-corrected chi connectivity index (χ0v) is 25.2. The molecule has 1 heterocycles. The number of carbonyl (C=O) groups excluding carboxylic acids is 2. The predicted molar refractivity (Wildman–Crippen MR) is 168 cm³/mol. The number of methoxy groups -OCH3 is 1. The van der Waals surface area contributed by atoms with Gasteiger partial charge in [-0.15, -0.1) is 0 Å². The predicted octanol–water partition coefficient (Wildman–Crippen LogP) is 4.88. The first-order valence-electron chi connectivity index (χ1n) is 14.5. The fourth-order valence-electron chi connectivity index (χ4n) is 5.81. The van der Waals surface area contributed by atoms with Crippen molar-refractivity contribution in [1.82, 2.24) is 14.9 Å². The Hall–Kier alpha value is -4.83. The summed E-state index contributed by atoms with van der Waals surface area (Å²) in [4.78, 5) is 51.1. The van der Waals surface area contributed by atoms with Crippen LogP contribution in [0.15, 0.2) is 64.3 Å². The van der Waals surface area contributed by atoms with Gasteiger partial charge in [-0.25, -0.2) is 9.18 Å². The van der Waals surface area contributed by atoms with Crippen LogP contribution in [0.3, 0.4) is 0 Å². The number of hydrogen-bond donors (Lipinski definition) is 3. The van der Waals surface area contributed by atoms with Gasteiger partial charge in [0.05, 0.1) is 7.11 Å². The molecule has 1 amide bonds. The van der Waals surface area contributed by atoms with Gasteiger partial charge in [0.25, 0.3) is 11.5 Å². The standard InChI is InChI=1S/C34H35FN4O5/c1-19-24(22-14-29(35)27(31(15-22)44-4)17-36-16-21-11-12-23(40)13-21)7-5-8-25(19)26-9-6-10-30(20(26)2)38-32(41)28-18-37-34(43)39(3)33(28)42/h5-10,14-15,18,21,36H,11-13,16-17H2,1-4H3,(H,37,43)(H,38,41)/t21-/m1/s1. The van der Waals surface area contributed by atoms with Gasteiger partial charge < -0.3 is 20.4 Å². The number of ether oxygens (including phenoxy) is 1. The van der Waals surface area contributed by atoms with Gasteiger partial charge in [0.1, 0.15) is 22.9 Å². The van der Waals surface area contributed by atoms with E-state index in [1.807, 2.05) is 44.2 Å². The lowest BCUT2D eigenvalue weighted by Crippen LogP contribution is -2.37. The van der Waals surface area contributed by atoms with E-state index < -0.39 is 17.2 Å². The fourth-order valence-corrected chi connectivity index (χ4v) is 5.81. The lowest BCUT2D eigenvalue weighted by molar-refractivity contribution is -0.117. The highest BCUT2D eigenvalue weighted by Crippen LogP contribution is 2.37. The van der Waals surface area contributed by atoms with Gasteiger partial charge in [-0.2, -0.15) is 0 Å². The SMILES string of the molecule is COc1cc(-c2cccc(-c3cccc(NC(=O)c4c[nH]c(=O)n(C)c4=O)c3C)c2C)cc(F)c1CNC[C@@H]1CCC(=O)C1. The van der Waals surface area contributed by atoms with Crippen LogP contribution < -0.4 is 26.6 Å². The van der Waals surface area contributed by atoms with Crippen molar-refractivity contribution in [2.24, 2.45) is 13.0 Å². The lowest BCUT2D eigenvalue weighted by Gasteiger charge is -2.18. The number of Topliss-reactive ketones (excluding diaryl/α,β-unsaturated/α-hetero) is 1.